The fourth-order valence-corrected chi connectivity index (χ4v) is 5.22. The lowest BCUT2D eigenvalue weighted by Gasteiger charge is -2.32. The van der Waals surface area contributed by atoms with E-state index in [1.807, 2.05) is 25.2 Å². The van der Waals surface area contributed by atoms with Gasteiger partial charge >= 0.3 is 6.09 Å². The zero-order valence-electron chi connectivity index (χ0n) is 19.7. The molecular formula is C26H29N5O3. The second kappa shape index (κ2) is 8.52. The van der Waals surface area contributed by atoms with Crippen LogP contribution < -0.4 is 5.32 Å². The van der Waals surface area contributed by atoms with Crippen LogP contribution in [0.1, 0.15) is 35.7 Å². The average Bonchev–Trinajstić information content (AvgIpc) is 3.36. The number of amides is 2. The van der Waals surface area contributed by atoms with Gasteiger partial charge in [0.2, 0.25) is 0 Å². The van der Waals surface area contributed by atoms with E-state index in [-0.39, 0.29) is 11.9 Å². The highest BCUT2D eigenvalue weighted by molar-refractivity contribution is 5.98. The van der Waals surface area contributed by atoms with Crippen LogP contribution in [0.15, 0.2) is 42.5 Å². The maximum absolute atomic E-state index is 13.2. The van der Waals surface area contributed by atoms with E-state index in [0.717, 1.165) is 41.9 Å². The number of hydrogen-bond donors (Lipinski definition) is 2. The molecule has 0 saturated carbocycles. The van der Waals surface area contributed by atoms with Crippen LogP contribution in [0.3, 0.4) is 0 Å². The van der Waals surface area contributed by atoms with Crippen LogP contribution in [-0.4, -0.2) is 55.3 Å². The summed E-state index contributed by atoms with van der Waals surface area (Å²) in [5.41, 5.74) is 5.80. The van der Waals surface area contributed by atoms with Gasteiger partial charge in [0, 0.05) is 43.7 Å². The number of aryl methyl sites for hydroxylation is 3. The van der Waals surface area contributed by atoms with Crippen molar-refractivity contribution in [2.24, 2.45) is 7.05 Å². The number of benzene rings is 2. The second-order valence-electron chi connectivity index (χ2n) is 9.02. The number of carbonyl (C=O) groups is 2. The number of likely N-dealkylation sites (tertiary alicyclic amines) is 1. The predicted octanol–water partition coefficient (Wildman–Crippen LogP) is 4.40. The Bertz CT molecular complexity index is 1420. The topological polar surface area (TPSA) is 92.4 Å². The fourth-order valence-electron chi connectivity index (χ4n) is 5.22. The van der Waals surface area contributed by atoms with E-state index in [9.17, 15) is 9.59 Å². The summed E-state index contributed by atoms with van der Waals surface area (Å²) in [7, 11) is 2.00. The monoisotopic (exact) mass is 459 g/mol. The zero-order valence-corrected chi connectivity index (χ0v) is 19.7. The Morgan fingerprint density at radius 2 is 2.03 bits per heavy atom. The molecule has 2 aromatic heterocycles. The molecule has 0 spiro atoms. The van der Waals surface area contributed by atoms with Gasteiger partial charge in [-0.1, -0.05) is 18.2 Å². The largest absolute Gasteiger partial charge is 0.465 e. The van der Waals surface area contributed by atoms with Gasteiger partial charge in [-0.3, -0.25) is 4.79 Å². The molecule has 2 amide bonds. The number of fused-ring (bicyclic) bond motifs is 2. The fraction of sp³-hybridized carbons (Fsp3) is 0.346. The van der Waals surface area contributed by atoms with Crippen molar-refractivity contribution >= 4 is 33.9 Å². The number of nitrogens with one attached hydrogen (secondary N) is 1. The molecule has 4 aromatic rings. The number of piperidine rings is 1. The number of para-hydroxylation sites is 1. The van der Waals surface area contributed by atoms with Gasteiger partial charge in [0.1, 0.15) is 0 Å². The highest BCUT2D eigenvalue weighted by atomic mass is 16.4. The first-order chi connectivity index (χ1) is 16.4. The smallest absolute Gasteiger partial charge is 0.404 e. The summed E-state index contributed by atoms with van der Waals surface area (Å²) in [5, 5.41) is 12.7. The summed E-state index contributed by atoms with van der Waals surface area (Å²) in [5.74, 6) is 0.769. The van der Waals surface area contributed by atoms with Crippen molar-refractivity contribution in [2.75, 3.05) is 13.1 Å². The minimum Gasteiger partial charge on any atom is -0.465 e. The number of hydrogen-bond acceptors (Lipinski definition) is 3. The van der Waals surface area contributed by atoms with Gasteiger partial charge in [0.15, 0.2) is 5.82 Å². The minimum absolute atomic E-state index is 0.0933. The third kappa shape index (κ3) is 3.69. The quantitative estimate of drug-likeness (QED) is 0.473. The summed E-state index contributed by atoms with van der Waals surface area (Å²) >= 11 is 0. The molecule has 1 aliphatic heterocycles. The molecule has 176 valence electrons. The zero-order chi connectivity index (χ0) is 24.0. The molecule has 2 aromatic carbocycles. The third-order valence-corrected chi connectivity index (χ3v) is 6.83. The molecule has 1 aliphatic rings. The van der Waals surface area contributed by atoms with Crippen molar-refractivity contribution in [1.82, 2.24) is 24.3 Å². The number of rotatable bonds is 4. The molecule has 34 heavy (non-hydrogen) atoms. The molecule has 1 unspecified atom stereocenters. The standard InChI is InChI=1S/C26H29N5O3/c1-4-31-22(14-17-8-5-7-16(2)23(17)31)24-28-20-13-18(10-11-21(20)29(24)3)25(32)30-12-6-9-19(15-30)27-26(33)34/h5,7-8,10-11,13-14,19,27H,4,6,9,12,15H2,1-3H3,(H,33,34). The molecule has 1 atom stereocenters. The van der Waals surface area contributed by atoms with Crippen molar-refractivity contribution in [2.45, 2.75) is 39.3 Å². The number of aromatic nitrogens is 3. The number of carboxylic acid groups (broad SMARTS) is 1. The van der Waals surface area contributed by atoms with E-state index in [1.54, 1.807) is 4.90 Å². The summed E-state index contributed by atoms with van der Waals surface area (Å²) in [6, 6.07) is 13.9. The highest BCUT2D eigenvalue weighted by Gasteiger charge is 2.26. The molecule has 0 aliphatic carbocycles. The van der Waals surface area contributed by atoms with Crippen molar-refractivity contribution in [1.29, 1.82) is 0 Å². The molecule has 8 heteroatoms. The lowest BCUT2D eigenvalue weighted by atomic mass is 10.0. The summed E-state index contributed by atoms with van der Waals surface area (Å²) in [6.07, 6.45) is 0.457. The van der Waals surface area contributed by atoms with Crippen molar-refractivity contribution in [3.8, 4) is 11.5 Å². The van der Waals surface area contributed by atoms with Gasteiger partial charge < -0.3 is 24.5 Å². The Morgan fingerprint density at radius 3 is 2.79 bits per heavy atom. The molecule has 2 N–H and O–H groups in total. The van der Waals surface area contributed by atoms with E-state index >= 15 is 0 Å². The highest BCUT2D eigenvalue weighted by Crippen LogP contribution is 2.31. The molecule has 5 rings (SSSR count). The van der Waals surface area contributed by atoms with E-state index in [4.69, 9.17) is 10.1 Å². The normalized spacial score (nSPS) is 16.3. The van der Waals surface area contributed by atoms with Gasteiger partial charge in [0.25, 0.3) is 5.91 Å². The van der Waals surface area contributed by atoms with Gasteiger partial charge in [0.05, 0.1) is 22.2 Å². The molecule has 8 nitrogen and oxygen atoms in total. The Kier molecular flexibility index (Phi) is 5.51. The first-order valence-electron chi connectivity index (χ1n) is 11.7. The molecule has 1 saturated heterocycles. The molecular weight excluding hydrogens is 430 g/mol. The average molecular weight is 460 g/mol. The first kappa shape index (κ1) is 22.0. The summed E-state index contributed by atoms with van der Waals surface area (Å²) < 4.78 is 4.37. The third-order valence-electron chi connectivity index (χ3n) is 6.83. The van der Waals surface area contributed by atoms with E-state index in [2.05, 4.69) is 52.6 Å². The molecule has 1 fully saturated rings. The van der Waals surface area contributed by atoms with E-state index in [1.165, 1.54) is 16.5 Å². The van der Waals surface area contributed by atoms with Crippen LogP contribution >= 0.6 is 0 Å². The predicted molar refractivity (Wildman–Crippen MR) is 132 cm³/mol. The van der Waals surface area contributed by atoms with Crippen LogP contribution in [-0.2, 0) is 13.6 Å². The maximum Gasteiger partial charge on any atom is 0.404 e. The maximum atomic E-state index is 13.2. The van der Waals surface area contributed by atoms with Gasteiger partial charge in [-0.15, -0.1) is 0 Å². The van der Waals surface area contributed by atoms with Gasteiger partial charge in [-0.25, -0.2) is 9.78 Å². The minimum atomic E-state index is -1.05. The van der Waals surface area contributed by atoms with E-state index in [0.29, 0.717) is 18.7 Å². The van der Waals surface area contributed by atoms with Crippen molar-refractivity contribution in [3.05, 3.63) is 53.6 Å². The van der Waals surface area contributed by atoms with Crippen LogP contribution in [0.2, 0.25) is 0 Å². The van der Waals surface area contributed by atoms with Crippen LogP contribution in [0.25, 0.3) is 33.5 Å². The molecule has 0 radical (unpaired) electrons. The number of imidazole rings is 1. The van der Waals surface area contributed by atoms with Crippen LogP contribution in [0.5, 0.6) is 0 Å². The second-order valence-corrected chi connectivity index (χ2v) is 9.02. The van der Waals surface area contributed by atoms with Gasteiger partial charge in [-0.05, 0) is 56.5 Å². The number of carbonyl (C=O) groups excluding carboxylic acids is 1. The lowest BCUT2D eigenvalue weighted by molar-refractivity contribution is 0.0692. The lowest BCUT2D eigenvalue weighted by Crippen LogP contribution is -2.49. The SMILES string of the molecule is CCn1c(-c2nc3cc(C(=O)N4CCCC(NC(=O)O)C4)ccc3n2C)cc2cccc(C)c21. The molecule has 3 heterocycles. The Morgan fingerprint density at radius 1 is 1.21 bits per heavy atom. The Hall–Kier alpha value is -3.81. The van der Waals surface area contributed by atoms with Gasteiger partial charge in [-0.2, -0.15) is 0 Å². The summed E-state index contributed by atoms with van der Waals surface area (Å²) in [6.45, 7) is 6.10. The van der Waals surface area contributed by atoms with Crippen LogP contribution in [0.4, 0.5) is 4.79 Å². The first-order valence-corrected chi connectivity index (χ1v) is 11.7. The van der Waals surface area contributed by atoms with Crippen LogP contribution in [0, 0.1) is 6.92 Å². The Labute approximate surface area is 197 Å². The van der Waals surface area contributed by atoms with Crippen molar-refractivity contribution < 1.29 is 14.7 Å². The van der Waals surface area contributed by atoms with E-state index < -0.39 is 6.09 Å². The molecule has 0 bridgehead atoms. The number of nitrogens with zero attached hydrogens (tertiary/aromatic N) is 4. The van der Waals surface area contributed by atoms with Crippen molar-refractivity contribution in [3.63, 3.8) is 0 Å². The Balaban J connectivity index is 1.51. The summed E-state index contributed by atoms with van der Waals surface area (Å²) in [4.78, 5) is 30.9.